The number of ether oxygens (including phenoxy) is 1. The van der Waals surface area contributed by atoms with Gasteiger partial charge >= 0.3 is 5.97 Å². The molecule has 0 bridgehead atoms. The molecule has 1 aliphatic rings. The van der Waals surface area contributed by atoms with E-state index in [1.165, 1.54) is 7.11 Å². The number of nitrogens with zero attached hydrogens (tertiary/aromatic N) is 3. The highest BCUT2D eigenvalue weighted by atomic mass is 35.5. The van der Waals surface area contributed by atoms with E-state index in [-0.39, 0.29) is 17.9 Å². The molecule has 0 radical (unpaired) electrons. The Labute approximate surface area is 121 Å². The lowest BCUT2D eigenvalue weighted by Crippen LogP contribution is -2.33. The SMILES string of the molecule is COC(=O)C1CC(n2cc(-c3ccc(Cl)cn3)cn2)C1. The van der Waals surface area contributed by atoms with Crippen molar-refractivity contribution in [2.45, 2.75) is 18.9 Å². The molecular weight excluding hydrogens is 278 g/mol. The van der Waals surface area contributed by atoms with E-state index >= 15 is 0 Å². The van der Waals surface area contributed by atoms with Crippen molar-refractivity contribution < 1.29 is 9.53 Å². The number of aromatic nitrogens is 3. The minimum absolute atomic E-state index is 0.00584. The summed E-state index contributed by atoms with van der Waals surface area (Å²) in [7, 11) is 1.42. The van der Waals surface area contributed by atoms with Gasteiger partial charge in [-0.25, -0.2) is 0 Å². The lowest BCUT2D eigenvalue weighted by molar-refractivity contribution is -0.149. The summed E-state index contributed by atoms with van der Waals surface area (Å²) in [5.41, 5.74) is 1.78. The molecule has 2 aromatic heterocycles. The summed E-state index contributed by atoms with van der Waals surface area (Å²) in [5.74, 6) is -0.126. The summed E-state index contributed by atoms with van der Waals surface area (Å²) in [4.78, 5) is 15.6. The molecule has 0 atom stereocenters. The summed E-state index contributed by atoms with van der Waals surface area (Å²) < 4.78 is 6.63. The van der Waals surface area contributed by atoms with Gasteiger partial charge in [0.1, 0.15) is 0 Å². The zero-order valence-electron chi connectivity index (χ0n) is 11.0. The number of halogens is 1. The monoisotopic (exact) mass is 291 g/mol. The Morgan fingerprint density at radius 1 is 1.40 bits per heavy atom. The van der Waals surface area contributed by atoms with Crippen molar-refractivity contribution >= 4 is 17.6 Å². The number of hydrogen-bond donors (Lipinski definition) is 0. The number of pyridine rings is 1. The molecule has 0 aliphatic heterocycles. The molecular formula is C14H14ClN3O2. The van der Waals surface area contributed by atoms with E-state index in [1.54, 1.807) is 18.5 Å². The standard InChI is InChI=1S/C14H14ClN3O2/c1-20-14(19)9-4-12(5-9)18-8-10(6-17-18)13-3-2-11(15)7-16-13/h2-3,6-9,12H,4-5H2,1H3. The molecule has 1 fully saturated rings. The Kier molecular flexibility index (Phi) is 3.44. The van der Waals surface area contributed by atoms with Crippen LogP contribution in [0.2, 0.25) is 5.02 Å². The molecule has 3 rings (SSSR count). The van der Waals surface area contributed by atoms with Gasteiger partial charge < -0.3 is 4.74 Å². The van der Waals surface area contributed by atoms with Crippen LogP contribution in [-0.4, -0.2) is 27.8 Å². The molecule has 1 saturated carbocycles. The lowest BCUT2D eigenvalue weighted by Gasteiger charge is -2.33. The van der Waals surface area contributed by atoms with Crippen molar-refractivity contribution in [2.75, 3.05) is 7.11 Å². The third-order valence-electron chi connectivity index (χ3n) is 3.65. The van der Waals surface area contributed by atoms with E-state index in [9.17, 15) is 4.79 Å². The molecule has 0 aromatic carbocycles. The molecule has 2 aromatic rings. The first-order valence-electron chi connectivity index (χ1n) is 6.41. The van der Waals surface area contributed by atoms with E-state index in [4.69, 9.17) is 16.3 Å². The quantitative estimate of drug-likeness (QED) is 0.816. The molecule has 0 saturated heterocycles. The maximum absolute atomic E-state index is 11.4. The second kappa shape index (κ2) is 5.25. The van der Waals surface area contributed by atoms with E-state index in [1.807, 2.05) is 16.9 Å². The molecule has 0 unspecified atom stereocenters. The number of hydrogen-bond acceptors (Lipinski definition) is 4. The number of rotatable bonds is 3. The summed E-state index contributed by atoms with van der Waals surface area (Å²) in [6.07, 6.45) is 6.91. The first-order chi connectivity index (χ1) is 9.67. The highest BCUT2D eigenvalue weighted by molar-refractivity contribution is 6.30. The van der Waals surface area contributed by atoms with Gasteiger partial charge in [0.25, 0.3) is 0 Å². The van der Waals surface area contributed by atoms with Crippen molar-refractivity contribution in [1.82, 2.24) is 14.8 Å². The fraction of sp³-hybridized carbons (Fsp3) is 0.357. The highest BCUT2D eigenvalue weighted by Gasteiger charge is 2.36. The number of carbonyl (C=O) groups is 1. The van der Waals surface area contributed by atoms with Gasteiger partial charge in [0.05, 0.1) is 36.0 Å². The molecule has 0 spiro atoms. The Bertz CT molecular complexity index is 618. The van der Waals surface area contributed by atoms with Crippen LogP contribution in [-0.2, 0) is 9.53 Å². The van der Waals surface area contributed by atoms with E-state index in [0.717, 1.165) is 24.1 Å². The maximum atomic E-state index is 11.4. The van der Waals surface area contributed by atoms with Crippen LogP contribution in [0.1, 0.15) is 18.9 Å². The smallest absolute Gasteiger partial charge is 0.308 e. The molecule has 20 heavy (non-hydrogen) atoms. The van der Waals surface area contributed by atoms with Crippen molar-refractivity contribution in [3.8, 4) is 11.3 Å². The van der Waals surface area contributed by atoms with Crippen LogP contribution < -0.4 is 0 Å². The van der Waals surface area contributed by atoms with Crippen LogP contribution >= 0.6 is 11.6 Å². The van der Waals surface area contributed by atoms with Crippen molar-refractivity contribution in [3.05, 3.63) is 35.7 Å². The first-order valence-corrected chi connectivity index (χ1v) is 6.79. The van der Waals surface area contributed by atoms with Gasteiger partial charge in [-0.2, -0.15) is 5.10 Å². The normalized spacial score (nSPS) is 21.3. The summed E-state index contributed by atoms with van der Waals surface area (Å²) in [5, 5.41) is 4.96. The van der Waals surface area contributed by atoms with Gasteiger partial charge in [-0.3, -0.25) is 14.5 Å². The van der Waals surface area contributed by atoms with Gasteiger partial charge in [-0.15, -0.1) is 0 Å². The zero-order chi connectivity index (χ0) is 14.1. The largest absolute Gasteiger partial charge is 0.469 e. The second-order valence-electron chi connectivity index (χ2n) is 4.92. The van der Waals surface area contributed by atoms with E-state index < -0.39 is 0 Å². The fourth-order valence-electron chi connectivity index (χ4n) is 2.38. The number of esters is 1. The Hall–Kier alpha value is -1.88. The van der Waals surface area contributed by atoms with Gasteiger partial charge in [-0.05, 0) is 25.0 Å². The Morgan fingerprint density at radius 2 is 2.20 bits per heavy atom. The van der Waals surface area contributed by atoms with Gasteiger partial charge in [0.2, 0.25) is 0 Å². The second-order valence-corrected chi connectivity index (χ2v) is 5.35. The predicted molar refractivity (Wildman–Crippen MR) is 74.2 cm³/mol. The summed E-state index contributed by atoms with van der Waals surface area (Å²) in [6, 6.07) is 3.93. The zero-order valence-corrected chi connectivity index (χ0v) is 11.7. The van der Waals surface area contributed by atoms with Crippen LogP contribution in [0.25, 0.3) is 11.3 Å². The number of carbonyl (C=O) groups excluding carboxylic acids is 1. The Balaban J connectivity index is 1.69. The molecule has 0 amide bonds. The molecule has 104 valence electrons. The molecule has 0 N–H and O–H groups in total. The van der Waals surface area contributed by atoms with Gasteiger partial charge in [-0.1, -0.05) is 11.6 Å². The minimum atomic E-state index is -0.131. The third-order valence-corrected chi connectivity index (χ3v) is 3.87. The van der Waals surface area contributed by atoms with Crippen molar-refractivity contribution in [2.24, 2.45) is 5.92 Å². The van der Waals surface area contributed by atoms with Crippen LogP contribution in [0.4, 0.5) is 0 Å². The summed E-state index contributed by atoms with van der Waals surface area (Å²) in [6.45, 7) is 0. The van der Waals surface area contributed by atoms with Crippen LogP contribution in [0.15, 0.2) is 30.7 Å². The maximum Gasteiger partial charge on any atom is 0.308 e. The average Bonchev–Trinajstić information content (AvgIpc) is 2.87. The predicted octanol–water partition coefficient (Wildman–Crippen LogP) is 2.72. The third kappa shape index (κ3) is 2.41. The number of methoxy groups -OCH3 is 1. The van der Waals surface area contributed by atoms with Crippen molar-refractivity contribution in [1.29, 1.82) is 0 Å². The van der Waals surface area contributed by atoms with Gasteiger partial charge in [0, 0.05) is 18.0 Å². The Morgan fingerprint density at radius 3 is 2.85 bits per heavy atom. The highest BCUT2D eigenvalue weighted by Crippen LogP contribution is 2.38. The summed E-state index contributed by atoms with van der Waals surface area (Å²) >= 11 is 5.82. The minimum Gasteiger partial charge on any atom is -0.469 e. The molecule has 1 aliphatic carbocycles. The molecule has 6 heteroatoms. The average molecular weight is 292 g/mol. The van der Waals surface area contributed by atoms with Crippen LogP contribution in [0.5, 0.6) is 0 Å². The van der Waals surface area contributed by atoms with Gasteiger partial charge in [0.15, 0.2) is 0 Å². The molecule has 2 heterocycles. The lowest BCUT2D eigenvalue weighted by atomic mass is 9.80. The van der Waals surface area contributed by atoms with Crippen molar-refractivity contribution in [3.63, 3.8) is 0 Å². The van der Waals surface area contributed by atoms with Crippen LogP contribution in [0, 0.1) is 5.92 Å². The first kappa shape index (κ1) is 13.1. The van der Waals surface area contributed by atoms with Crippen LogP contribution in [0.3, 0.4) is 0 Å². The topological polar surface area (TPSA) is 57.0 Å². The fourth-order valence-corrected chi connectivity index (χ4v) is 2.49. The van der Waals surface area contributed by atoms with E-state index in [0.29, 0.717) is 5.02 Å². The van der Waals surface area contributed by atoms with E-state index in [2.05, 4.69) is 10.1 Å². The molecule has 5 nitrogen and oxygen atoms in total.